The predicted octanol–water partition coefficient (Wildman–Crippen LogP) is 3.44. The summed E-state index contributed by atoms with van der Waals surface area (Å²) >= 11 is 0. The van der Waals surface area contributed by atoms with Gasteiger partial charge < -0.3 is 15.2 Å². The van der Waals surface area contributed by atoms with Crippen molar-refractivity contribution in [2.75, 3.05) is 13.2 Å². The Labute approximate surface area is 122 Å². The molecular weight excluding hydrogens is 276 g/mol. The molecular formula is C16H17F2NO2. The van der Waals surface area contributed by atoms with E-state index in [1.807, 2.05) is 6.92 Å². The summed E-state index contributed by atoms with van der Waals surface area (Å²) in [5.74, 6) is -1.14. The molecule has 2 N–H and O–H groups in total. The highest BCUT2D eigenvalue weighted by atomic mass is 19.1. The maximum atomic E-state index is 13.4. The van der Waals surface area contributed by atoms with Crippen LogP contribution >= 0.6 is 0 Å². The van der Waals surface area contributed by atoms with Gasteiger partial charge in [0.15, 0.2) is 17.4 Å². The molecule has 0 spiro atoms. The number of halogens is 2. The first kappa shape index (κ1) is 15.3. The molecule has 112 valence electrons. The Hall–Kier alpha value is -2.14. The second-order valence-electron chi connectivity index (χ2n) is 4.47. The highest BCUT2D eigenvalue weighted by Gasteiger charge is 2.13. The monoisotopic (exact) mass is 293 g/mol. The lowest BCUT2D eigenvalue weighted by atomic mass is 10.1. The minimum atomic E-state index is -0.742. The van der Waals surface area contributed by atoms with E-state index in [0.29, 0.717) is 6.61 Å². The normalized spacial score (nSPS) is 12.0. The van der Waals surface area contributed by atoms with Gasteiger partial charge in [0, 0.05) is 0 Å². The number of ether oxygens (including phenoxy) is 2. The number of benzene rings is 2. The van der Waals surface area contributed by atoms with Crippen LogP contribution in [0.5, 0.6) is 11.5 Å². The Kier molecular flexibility index (Phi) is 5.11. The third kappa shape index (κ3) is 3.92. The van der Waals surface area contributed by atoms with Gasteiger partial charge in [0.2, 0.25) is 0 Å². The molecule has 2 rings (SSSR count). The average Bonchev–Trinajstić information content (AvgIpc) is 2.47. The van der Waals surface area contributed by atoms with Crippen molar-refractivity contribution < 1.29 is 18.3 Å². The molecule has 0 fully saturated rings. The van der Waals surface area contributed by atoms with E-state index in [1.165, 1.54) is 6.07 Å². The van der Waals surface area contributed by atoms with Crippen LogP contribution in [0.15, 0.2) is 42.5 Å². The summed E-state index contributed by atoms with van der Waals surface area (Å²) in [6.07, 6.45) is 0. The van der Waals surface area contributed by atoms with Gasteiger partial charge in [0.05, 0.1) is 12.6 Å². The van der Waals surface area contributed by atoms with Crippen molar-refractivity contribution in [2.45, 2.75) is 13.0 Å². The summed E-state index contributed by atoms with van der Waals surface area (Å²) in [5, 5.41) is 0. The van der Waals surface area contributed by atoms with Crippen molar-refractivity contribution in [1.29, 1.82) is 0 Å². The van der Waals surface area contributed by atoms with E-state index in [-0.39, 0.29) is 6.61 Å². The van der Waals surface area contributed by atoms with Crippen LogP contribution in [0.25, 0.3) is 0 Å². The Bertz CT molecular complexity index is 567. The molecule has 1 atom stereocenters. The fourth-order valence-corrected chi connectivity index (χ4v) is 1.87. The standard InChI is InChI=1S/C16H17F2NO2/c1-2-20-12-8-6-11(7-9-12)15(19)10-21-16-13(17)4-3-5-14(16)18/h3-9,15H,2,10,19H2,1H3. The van der Waals surface area contributed by atoms with Gasteiger partial charge in [-0.15, -0.1) is 0 Å². The zero-order chi connectivity index (χ0) is 15.2. The molecule has 5 heteroatoms. The van der Waals surface area contributed by atoms with Crippen LogP contribution < -0.4 is 15.2 Å². The third-order valence-corrected chi connectivity index (χ3v) is 2.95. The third-order valence-electron chi connectivity index (χ3n) is 2.95. The molecule has 1 unspecified atom stereocenters. The lowest BCUT2D eigenvalue weighted by molar-refractivity contribution is 0.263. The molecule has 0 saturated carbocycles. The summed E-state index contributed by atoms with van der Waals surface area (Å²) in [6.45, 7) is 2.46. The number of nitrogens with two attached hydrogens (primary N) is 1. The lowest BCUT2D eigenvalue weighted by Crippen LogP contribution is -2.19. The number of rotatable bonds is 6. The van der Waals surface area contributed by atoms with Gasteiger partial charge in [0.1, 0.15) is 12.4 Å². The molecule has 0 aliphatic rings. The molecule has 2 aromatic carbocycles. The van der Waals surface area contributed by atoms with Crippen molar-refractivity contribution in [1.82, 2.24) is 0 Å². The van der Waals surface area contributed by atoms with Crippen molar-refractivity contribution in [3.05, 3.63) is 59.7 Å². The molecule has 3 nitrogen and oxygen atoms in total. The van der Waals surface area contributed by atoms with Crippen LogP contribution in [0.3, 0.4) is 0 Å². The largest absolute Gasteiger partial charge is 0.494 e. The summed E-state index contributed by atoms with van der Waals surface area (Å²) < 4.78 is 37.3. The summed E-state index contributed by atoms with van der Waals surface area (Å²) in [7, 11) is 0. The Morgan fingerprint density at radius 1 is 1.00 bits per heavy atom. The first-order valence-corrected chi connectivity index (χ1v) is 6.67. The minimum absolute atomic E-state index is 0.0220. The Morgan fingerprint density at radius 3 is 2.19 bits per heavy atom. The van der Waals surface area contributed by atoms with Crippen molar-refractivity contribution in [3.63, 3.8) is 0 Å². The topological polar surface area (TPSA) is 44.5 Å². The van der Waals surface area contributed by atoms with Gasteiger partial charge in [-0.2, -0.15) is 0 Å². The highest BCUT2D eigenvalue weighted by Crippen LogP contribution is 2.23. The van der Waals surface area contributed by atoms with Crippen LogP contribution in [-0.4, -0.2) is 13.2 Å². The molecule has 0 amide bonds. The molecule has 0 aliphatic carbocycles. The molecule has 0 aromatic heterocycles. The molecule has 0 aliphatic heterocycles. The molecule has 0 bridgehead atoms. The minimum Gasteiger partial charge on any atom is -0.494 e. The van der Waals surface area contributed by atoms with Crippen molar-refractivity contribution in [3.8, 4) is 11.5 Å². The van der Waals surface area contributed by atoms with Crippen LogP contribution in [0, 0.1) is 11.6 Å². The fraction of sp³-hybridized carbons (Fsp3) is 0.250. The first-order valence-electron chi connectivity index (χ1n) is 6.67. The van der Waals surface area contributed by atoms with E-state index < -0.39 is 23.4 Å². The smallest absolute Gasteiger partial charge is 0.190 e. The van der Waals surface area contributed by atoms with E-state index >= 15 is 0 Å². The predicted molar refractivity (Wildman–Crippen MR) is 76.4 cm³/mol. The van der Waals surface area contributed by atoms with Crippen LogP contribution in [0.4, 0.5) is 8.78 Å². The maximum absolute atomic E-state index is 13.4. The zero-order valence-corrected chi connectivity index (χ0v) is 11.7. The quantitative estimate of drug-likeness (QED) is 0.887. The lowest BCUT2D eigenvalue weighted by Gasteiger charge is -2.15. The number of hydrogen-bond donors (Lipinski definition) is 1. The SMILES string of the molecule is CCOc1ccc(C(N)COc2c(F)cccc2F)cc1. The van der Waals surface area contributed by atoms with Crippen LogP contribution in [0.2, 0.25) is 0 Å². The van der Waals surface area contributed by atoms with Crippen LogP contribution in [0.1, 0.15) is 18.5 Å². The molecule has 21 heavy (non-hydrogen) atoms. The zero-order valence-electron chi connectivity index (χ0n) is 11.7. The number of para-hydroxylation sites is 1. The molecule has 0 saturated heterocycles. The van der Waals surface area contributed by atoms with E-state index in [0.717, 1.165) is 23.4 Å². The first-order chi connectivity index (χ1) is 10.1. The molecule has 2 aromatic rings. The second-order valence-corrected chi connectivity index (χ2v) is 4.47. The van der Waals surface area contributed by atoms with E-state index in [4.69, 9.17) is 15.2 Å². The van der Waals surface area contributed by atoms with Gasteiger partial charge in [-0.1, -0.05) is 18.2 Å². The van der Waals surface area contributed by atoms with Gasteiger partial charge in [-0.05, 0) is 36.8 Å². The van der Waals surface area contributed by atoms with E-state index in [9.17, 15) is 8.78 Å². The number of hydrogen-bond acceptors (Lipinski definition) is 3. The fourth-order valence-electron chi connectivity index (χ4n) is 1.87. The van der Waals surface area contributed by atoms with E-state index in [2.05, 4.69) is 0 Å². The summed E-state index contributed by atoms with van der Waals surface area (Å²) in [4.78, 5) is 0. The maximum Gasteiger partial charge on any atom is 0.190 e. The molecule has 0 heterocycles. The van der Waals surface area contributed by atoms with Crippen molar-refractivity contribution >= 4 is 0 Å². The van der Waals surface area contributed by atoms with Gasteiger partial charge >= 0.3 is 0 Å². The van der Waals surface area contributed by atoms with Gasteiger partial charge in [-0.25, -0.2) is 8.78 Å². The van der Waals surface area contributed by atoms with Gasteiger partial charge in [0.25, 0.3) is 0 Å². The second kappa shape index (κ2) is 7.04. The summed E-state index contributed by atoms with van der Waals surface area (Å²) in [6, 6.07) is 10.3. The van der Waals surface area contributed by atoms with Crippen molar-refractivity contribution in [2.24, 2.45) is 5.73 Å². The highest BCUT2D eigenvalue weighted by molar-refractivity contribution is 5.30. The summed E-state index contributed by atoms with van der Waals surface area (Å²) in [5.41, 5.74) is 6.76. The van der Waals surface area contributed by atoms with Crippen LogP contribution in [-0.2, 0) is 0 Å². The molecule has 0 radical (unpaired) electrons. The van der Waals surface area contributed by atoms with Gasteiger partial charge in [-0.3, -0.25) is 0 Å². The Morgan fingerprint density at radius 2 is 1.62 bits per heavy atom. The van der Waals surface area contributed by atoms with E-state index in [1.54, 1.807) is 24.3 Å². The average molecular weight is 293 g/mol. The Balaban J connectivity index is 1.99.